The van der Waals surface area contributed by atoms with Gasteiger partial charge in [0.05, 0.1) is 28.2 Å². The smallest absolute Gasteiger partial charge is 0.236 e. The summed E-state index contributed by atoms with van der Waals surface area (Å²) in [6.45, 7) is 4.50. The fraction of sp³-hybridized carbons (Fsp3) is 0.444. The standard InChI is InChI=1S/C27H32ClFN4O3/c1-14(30)26(35)33-19-7-5-18(6-8-19)32-25-20-10-16(4-9-22(20)31-13-21(25)15(2)34)17-11-23(28)27(3,36)24(29)12-17/h4,9-14,18-19,23,36H,5-8,30H2,1-3H3,(H,31,32)(H,33,35)/t14-,18?,19?,23?,27?/m0/s1. The van der Waals surface area contributed by atoms with E-state index in [1.807, 2.05) is 18.2 Å². The molecule has 0 saturated heterocycles. The zero-order chi connectivity index (χ0) is 26.2. The maximum Gasteiger partial charge on any atom is 0.236 e. The first-order valence-corrected chi connectivity index (χ1v) is 12.6. The number of fused-ring (bicyclic) bond motifs is 1. The van der Waals surface area contributed by atoms with Gasteiger partial charge in [-0.25, -0.2) is 4.39 Å². The van der Waals surface area contributed by atoms with Crippen molar-refractivity contribution in [1.29, 1.82) is 0 Å². The van der Waals surface area contributed by atoms with Crippen molar-refractivity contribution in [2.24, 2.45) is 5.73 Å². The van der Waals surface area contributed by atoms with Crippen LogP contribution in [0.1, 0.15) is 62.4 Å². The van der Waals surface area contributed by atoms with E-state index in [0.29, 0.717) is 27.9 Å². The molecular weight excluding hydrogens is 483 g/mol. The fourth-order valence-corrected chi connectivity index (χ4v) is 4.92. The monoisotopic (exact) mass is 514 g/mol. The molecule has 1 aromatic heterocycles. The highest BCUT2D eigenvalue weighted by Crippen LogP contribution is 2.38. The molecule has 2 aromatic rings. The van der Waals surface area contributed by atoms with Gasteiger partial charge in [-0.1, -0.05) is 12.1 Å². The SMILES string of the molecule is CC(=O)c1cnc2ccc(C3=CC(Cl)C(C)(O)C(F)=C3)cc2c1NC1CCC(NC(=O)[C@H](C)N)CC1. The number of nitrogens with zero attached hydrogens (tertiary/aromatic N) is 1. The zero-order valence-electron chi connectivity index (χ0n) is 20.6. The highest BCUT2D eigenvalue weighted by Gasteiger charge is 2.37. The molecule has 2 unspecified atom stereocenters. The molecule has 1 heterocycles. The van der Waals surface area contributed by atoms with Crippen LogP contribution in [0.25, 0.3) is 16.5 Å². The lowest BCUT2D eigenvalue weighted by Crippen LogP contribution is -2.46. The van der Waals surface area contributed by atoms with Crippen LogP contribution in [0, 0.1) is 0 Å². The number of hydrogen-bond donors (Lipinski definition) is 4. The average molecular weight is 515 g/mol. The van der Waals surface area contributed by atoms with Gasteiger partial charge in [0.15, 0.2) is 5.78 Å². The van der Waals surface area contributed by atoms with Gasteiger partial charge in [0.25, 0.3) is 0 Å². The van der Waals surface area contributed by atoms with Crippen LogP contribution >= 0.6 is 11.6 Å². The predicted molar refractivity (Wildman–Crippen MR) is 141 cm³/mol. The lowest BCUT2D eigenvalue weighted by Gasteiger charge is -2.31. The molecule has 0 radical (unpaired) electrons. The van der Waals surface area contributed by atoms with E-state index in [4.69, 9.17) is 17.3 Å². The second kappa shape index (κ2) is 10.3. The summed E-state index contributed by atoms with van der Waals surface area (Å²) in [5.41, 5.74) is 7.00. The number of Topliss-reactive ketones (excluding diaryl/α,β-unsaturated/α-hetero) is 1. The van der Waals surface area contributed by atoms with Crippen molar-refractivity contribution in [2.75, 3.05) is 5.32 Å². The first-order valence-electron chi connectivity index (χ1n) is 12.2. The van der Waals surface area contributed by atoms with Gasteiger partial charge < -0.3 is 21.5 Å². The number of aromatic nitrogens is 1. The number of nitrogens with two attached hydrogens (primary N) is 1. The van der Waals surface area contributed by atoms with E-state index in [9.17, 15) is 19.1 Å². The molecule has 192 valence electrons. The predicted octanol–water partition coefficient (Wildman–Crippen LogP) is 4.23. The Hall–Kier alpha value is -2.81. The van der Waals surface area contributed by atoms with Crippen molar-refractivity contribution in [3.05, 3.63) is 53.5 Å². The number of pyridine rings is 1. The molecule has 5 N–H and O–H groups in total. The fourth-order valence-electron chi connectivity index (χ4n) is 4.68. The Morgan fingerprint density at radius 3 is 2.53 bits per heavy atom. The largest absolute Gasteiger partial charge is 0.381 e. The number of hydrogen-bond acceptors (Lipinski definition) is 6. The number of ketones is 1. The van der Waals surface area contributed by atoms with Gasteiger partial charge in [-0.05, 0) is 75.8 Å². The van der Waals surface area contributed by atoms with Crippen molar-refractivity contribution in [3.63, 3.8) is 0 Å². The summed E-state index contributed by atoms with van der Waals surface area (Å²) in [6.07, 6.45) is 7.71. The Kier molecular flexibility index (Phi) is 7.50. The lowest BCUT2D eigenvalue weighted by atomic mass is 9.88. The number of anilines is 1. The quantitative estimate of drug-likeness (QED) is 0.338. The Morgan fingerprint density at radius 2 is 1.92 bits per heavy atom. The van der Waals surface area contributed by atoms with Crippen molar-refractivity contribution >= 4 is 45.5 Å². The van der Waals surface area contributed by atoms with Gasteiger partial charge >= 0.3 is 0 Å². The van der Waals surface area contributed by atoms with E-state index in [1.54, 1.807) is 19.2 Å². The van der Waals surface area contributed by atoms with E-state index in [2.05, 4.69) is 15.6 Å². The Labute approximate surface area is 215 Å². The van der Waals surface area contributed by atoms with Gasteiger partial charge in [0.1, 0.15) is 11.4 Å². The molecule has 0 spiro atoms. The number of rotatable bonds is 6. The normalized spacial score (nSPS) is 27.1. The van der Waals surface area contributed by atoms with E-state index >= 15 is 0 Å². The highest BCUT2D eigenvalue weighted by molar-refractivity contribution is 6.23. The lowest BCUT2D eigenvalue weighted by molar-refractivity contribution is -0.122. The number of allylic oxidation sites excluding steroid dienone is 2. The van der Waals surface area contributed by atoms with Crippen molar-refractivity contribution in [1.82, 2.24) is 10.3 Å². The summed E-state index contributed by atoms with van der Waals surface area (Å²) in [5, 5.41) is 16.6. The van der Waals surface area contributed by atoms with E-state index in [-0.39, 0.29) is 23.8 Å². The van der Waals surface area contributed by atoms with Crippen LogP contribution in [0.4, 0.5) is 10.1 Å². The second-order valence-corrected chi connectivity index (χ2v) is 10.5. The molecule has 4 rings (SSSR count). The van der Waals surface area contributed by atoms with Gasteiger partial charge in [-0.2, -0.15) is 0 Å². The summed E-state index contributed by atoms with van der Waals surface area (Å²) in [5.74, 6) is -0.974. The highest BCUT2D eigenvalue weighted by atomic mass is 35.5. The third-order valence-electron chi connectivity index (χ3n) is 7.04. The van der Waals surface area contributed by atoms with Crippen LogP contribution in [0.3, 0.4) is 0 Å². The van der Waals surface area contributed by atoms with Crippen LogP contribution in [0.15, 0.2) is 42.4 Å². The van der Waals surface area contributed by atoms with E-state index in [1.165, 1.54) is 19.9 Å². The van der Waals surface area contributed by atoms with Crippen LogP contribution in [-0.4, -0.2) is 50.9 Å². The zero-order valence-corrected chi connectivity index (χ0v) is 21.4. The summed E-state index contributed by atoms with van der Waals surface area (Å²) in [7, 11) is 0. The Morgan fingerprint density at radius 1 is 1.25 bits per heavy atom. The third-order valence-corrected chi connectivity index (χ3v) is 7.60. The molecular formula is C27H32ClFN4O3. The number of benzene rings is 1. The number of nitrogens with one attached hydrogen (secondary N) is 2. The van der Waals surface area contributed by atoms with Gasteiger partial charge in [-0.15, -0.1) is 11.6 Å². The summed E-state index contributed by atoms with van der Waals surface area (Å²) in [6, 6.07) is 5.15. The molecule has 2 aliphatic carbocycles. The summed E-state index contributed by atoms with van der Waals surface area (Å²) >= 11 is 6.24. The van der Waals surface area contributed by atoms with Gasteiger partial charge in [0, 0.05) is 23.7 Å². The minimum atomic E-state index is -1.77. The Bertz CT molecular complexity index is 1250. The molecule has 1 saturated carbocycles. The molecule has 36 heavy (non-hydrogen) atoms. The molecule has 3 atom stereocenters. The molecule has 1 aromatic carbocycles. The summed E-state index contributed by atoms with van der Waals surface area (Å²) < 4.78 is 14.6. The molecule has 1 amide bonds. The van der Waals surface area contributed by atoms with Crippen LogP contribution in [-0.2, 0) is 4.79 Å². The molecule has 1 fully saturated rings. The van der Waals surface area contributed by atoms with Gasteiger partial charge in [0.2, 0.25) is 5.91 Å². The van der Waals surface area contributed by atoms with Crippen molar-refractivity contribution in [3.8, 4) is 0 Å². The summed E-state index contributed by atoms with van der Waals surface area (Å²) in [4.78, 5) is 28.9. The third kappa shape index (κ3) is 5.31. The number of carbonyl (C=O) groups excluding carboxylic acids is 2. The second-order valence-electron chi connectivity index (χ2n) is 9.99. The first-order chi connectivity index (χ1) is 17.0. The van der Waals surface area contributed by atoms with E-state index in [0.717, 1.165) is 31.1 Å². The number of alkyl halides is 1. The number of halogens is 2. The number of carbonyl (C=O) groups is 2. The number of aliphatic hydroxyl groups is 1. The maximum absolute atomic E-state index is 14.6. The number of amides is 1. The average Bonchev–Trinajstić information content (AvgIpc) is 2.83. The van der Waals surface area contributed by atoms with Crippen molar-refractivity contribution in [2.45, 2.75) is 75.6 Å². The molecule has 9 heteroatoms. The Balaban J connectivity index is 1.63. The van der Waals surface area contributed by atoms with Gasteiger partial charge in [-0.3, -0.25) is 14.6 Å². The van der Waals surface area contributed by atoms with Crippen LogP contribution in [0.2, 0.25) is 0 Å². The molecule has 0 aliphatic heterocycles. The molecule has 2 aliphatic rings. The van der Waals surface area contributed by atoms with Crippen LogP contribution in [0.5, 0.6) is 0 Å². The minimum absolute atomic E-state index is 0.0789. The maximum atomic E-state index is 14.6. The van der Waals surface area contributed by atoms with Crippen molar-refractivity contribution < 1.29 is 19.1 Å². The molecule has 7 nitrogen and oxygen atoms in total. The first kappa shape index (κ1) is 26.3. The van der Waals surface area contributed by atoms with Crippen LogP contribution < -0.4 is 16.4 Å². The topological polar surface area (TPSA) is 117 Å². The molecule has 0 bridgehead atoms. The minimum Gasteiger partial charge on any atom is -0.381 e. The van der Waals surface area contributed by atoms with E-state index < -0.39 is 22.8 Å².